The Morgan fingerprint density at radius 1 is 0.844 bits per heavy atom. The van der Waals surface area contributed by atoms with E-state index in [1.165, 1.54) is 39.1 Å². The molecule has 0 saturated carbocycles. The summed E-state index contributed by atoms with van der Waals surface area (Å²) in [5.74, 6) is 0. The van der Waals surface area contributed by atoms with E-state index >= 15 is 0 Å². The molecule has 0 amide bonds. The van der Waals surface area contributed by atoms with Gasteiger partial charge < -0.3 is 10.6 Å². The van der Waals surface area contributed by atoms with E-state index in [0.717, 1.165) is 35.4 Å². The lowest BCUT2D eigenvalue weighted by Crippen LogP contribution is -2.15. The van der Waals surface area contributed by atoms with Crippen LogP contribution in [-0.4, -0.2) is 0 Å². The number of hydrogen-bond acceptors (Lipinski definition) is 2. The fourth-order valence-electron chi connectivity index (χ4n) is 4.84. The summed E-state index contributed by atoms with van der Waals surface area (Å²) in [6, 6.07) is 25.9. The first-order valence-electron chi connectivity index (χ1n) is 11.1. The average molecular weight is 413 g/mol. The predicted molar refractivity (Wildman–Crippen MR) is 134 cm³/mol. The van der Waals surface area contributed by atoms with Gasteiger partial charge in [-0.2, -0.15) is 0 Å². The molecule has 3 aliphatic rings. The lowest BCUT2D eigenvalue weighted by molar-refractivity contribution is 0.986. The molecule has 154 valence electrons. The zero-order valence-electron chi connectivity index (χ0n) is 17.9. The maximum atomic E-state index is 4.42. The van der Waals surface area contributed by atoms with Crippen LogP contribution in [0.4, 0.5) is 5.69 Å². The number of nitrogens with one attached hydrogen (secondary N) is 2. The third kappa shape index (κ3) is 3.21. The highest BCUT2D eigenvalue weighted by Gasteiger charge is 2.22. The van der Waals surface area contributed by atoms with Crippen LogP contribution >= 0.6 is 0 Å². The fraction of sp³-hybridized carbons (Fsp3) is 0.0667. The monoisotopic (exact) mass is 412 g/mol. The SMILES string of the molecule is C=C1/C=C(c2ccc3cc2Cc2ccccc2-3)\C(Nc2ccccc2)=C/NC2=C1C=CC2. The largest absolute Gasteiger partial charge is 0.362 e. The average Bonchev–Trinajstić information content (AvgIpc) is 3.29. The first-order valence-corrected chi connectivity index (χ1v) is 11.1. The second-order valence-electron chi connectivity index (χ2n) is 8.48. The van der Waals surface area contributed by atoms with E-state index in [4.69, 9.17) is 0 Å². The van der Waals surface area contributed by atoms with Gasteiger partial charge in [0.1, 0.15) is 0 Å². The molecule has 0 atom stereocenters. The highest BCUT2D eigenvalue weighted by Crippen LogP contribution is 2.39. The van der Waals surface area contributed by atoms with Gasteiger partial charge in [0.25, 0.3) is 0 Å². The molecule has 0 aromatic heterocycles. The minimum Gasteiger partial charge on any atom is -0.362 e. The maximum Gasteiger partial charge on any atom is 0.0627 e. The molecular weight excluding hydrogens is 388 g/mol. The summed E-state index contributed by atoms with van der Waals surface area (Å²) in [7, 11) is 0. The van der Waals surface area contributed by atoms with E-state index in [-0.39, 0.29) is 0 Å². The molecule has 1 heterocycles. The van der Waals surface area contributed by atoms with Crippen LogP contribution in [0.5, 0.6) is 0 Å². The molecule has 0 fully saturated rings. The quantitative estimate of drug-likeness (QED) is 0.380. The van der Waals surface area contributed by atoms with Crippen molar-refractivity contribution in [1.29, 1.82) is 0 Å². The molecular formula is C30H24N2. The topological polar surface area (TPSA) is 24.1 Å². The summed E-state index contributed by atoms with van der Waals surface area (Å²) >= 11 is 0. The van der Waals surface area contributed by atoms with Gasteiger partial charge in [-0.25, -0.2) is 0 Å². The van der Waals surface area contributed by atoms with Gasteiger partial charge in [-0.3, -0.25) is 0 Å². The Bertz CT molecular complexity index is 1370. The Morgan fingerprint density at radius 2 is 1.69 bits per heavy atom. The first kappa shape index (κ1) is 18.7. The Balaban J connectivity index is 1.48. The summed E-state index contributed by atoms with van der Waals surface area (Å²) in [6.45, 7) is 4.42. The van der Waals surface area contributed by atoms with Crippen LogP contribution in [0.25, 0.3) is 16.7 Å². The Labute approximate surface area is 189 Å². The van der Waals surface area contributed by atoms with Gasteiger partial charge in [-0.05, 0) is 58.0 Å². The summed E-state index contributed by atoms with van der Waals surface area (Å²) < 4.78 is 0. The molecule has 0 saturated heterocycles. The smallest absolute Gasteiger partial charge is 0.0627 e. The van der Waals surface area contributed by atoms with Crippen molar-refractivity contribution in [2.45, 2.75) is 12.8 Å². The van der Waals surface area contributed by atoms with Crippen LogP contribution in [0.2, 0.25) is 0 Å². The van der Waals surface area contributed by atoms with Crippen molar-refractivity contribution in [2.75, 3.05) is 5.32 Å². The van der Waals surface area contributed by atoms with E-state index in [1.54, 1.807) is 0 Å². The number of allylic oxidation sites excluding steroid dienone is 6. The molecule has 3 aromatic rings. The van der Waals surface area contributed by atoms with E-state index in [1.807, 2.05) is 6.07 Å². The molecule has 6 rings (SSSR count). The van der Waals surface area contributed by atoms with Gasteiger partial charge >= 0.3 is 0 Å². The van der Waals surface area contributed by atoms with Gasteiger partial charge in [0, 0.05) is 35.2 Å². The van der Waals surface area contributed by atoms with E-state index in [2.05, 4.69) is 108 Å². The van der Waals surface area contributed by atoms with E-state index in [0.29, 0.717) is 0 Å². The summed E-state index contributed by atoms with van der Waals surface area (Å²) in [4.78, 5) is 0. The molecule has 3 aromatic carbocycles. The van der Waals surface area contributed by atoms with Gasteiger partial charge in [-0.15, -0.1) is 0 Å². The zero-order chi connectivity index (χ0) is 21.5. The van der Waals surface area contributed by atoms with Crippen LogP contribution in [0.1, 0.15) is 23.1 Å². The van der Waals surface area contributed by atoms with Crippen molar-refractivity contribution < 1.29 is 0 Å². The normalized spacial score (nSPS) is 19.6. The molecule has 2 aliphatic carbocycles. The summed E-state index contributed by atoms with van der Waals surface area (Å²) in [5, 5.41) is 7.20. The standard InChI is InChI=1S/C30H24N2/c1-20-16-28(27-15-14-22-18-23(27)17-21-8-5-6-11-26(21)22)30(32-24-9-3-2-4-10-24)19-31-29-13-7-12-25(20)29/h2-12,14-16,18-19,31-32H,1,13,17H2/b28-16-,30-19+. The van der Waals surface area contributed by atoms with Crippen molar-refractivity contribution in [3.05, 3.63) is 143 Å². The van der Waals surface area contributed by atoms with Crippen LogP contribution < -0.4 is 10.6 Å². The third-order valence-electron chi connectivity index (χ3n) is 6.43. The molecule has 0 radical (unpaired) electrons. The maximum absolute atomic E-state index is 4.42. The number of anilines is 1. The Morgan fingerprint density at radius 3 is 2.59 bits per heavy atom. The van der Waals surface area contributed by atoms with Crippen molar-refractivity contribution in [3.63, 3.8) is 0 Å². The first-order chi connectivity index (χ1) is 15.8. The van der Waals surface area contributed by atoms with Gasteiger partial charge in [-0.1, -0.05) is 79.4 Å². The third-order valence-corrected chi connectivity index (χ3v) is 6.43. The Kier molecular flexibility index (Phi) is 4.43. The van der Waals surface area contributed by atoms with Crippen molar-refractivity contribution >= 4 is 11.3 Å². The van der Waals surface area contributed by atoms with Crippen molar-refractivity contribution in [2.24, 2.45) is 0 Å². The fourth-order valence-corrected chi connectivity index (χ4v) is 4.84. The van der Waals surface area contributed by atoms with Gasteiger partial charge in [0.15, 0.2) is 0 Å². The Hall–Kier alpha value is -4.04. The van der Waals surface area contributed by atoms with Crippen LogP contribution in [0, 0.1) is 0 Å². The highest BCUT2D eigenvalue weighted by atomic mass is 14.9. The summed E-state index contributed by atoms with van der Waals surface area (Å²) in [6.07, 6.45) is 10.5. The van der Waals surface area contributed by atoms with Crippen molar-refractivity contribution in [3.8, 4) is 11.1 Å². The number of hydrogen-bond donors (Lipinski definition) is 2. The molecule has 32 heavy (non-hydrogen) atoms. The molecule has 0 spiro atoms. The molecule has 0 unspecified atom stereocenters. The number of para-hydroxylation sites is 1. The molecule has 2 heteroatoms. The number of rotatable bonds is 3. The molecule has 2 nitrogen and oxygen atoms in total. The lowest BCUT2D eigenvalue weighted by atomic mass is 9.83. The molecule has 2 N–H and O–H groups in total. The number of benzene rings is 3. The second kappa shape index (κ2) is 7.58. The van der Waals surface area contributed by atoms with E-state index < -0.39 is 0 Å². The molecule has 1 aliphatic heterocycles. The van der Waals surface area contributed by atoms with Gasteiger partial charge in [0.2, 0.25) is 0 Å². The van der Waals surface area contributed by atoms with Gasteiger partial charge in [0.05, 0.1) is 5.70 Å². The predicted octanol–water partition coefficient (Wildman–Crippen LogP) is 6.97. The van der Waals surface area contributed by atoms with E-state index in [9.17, 15) is 0 Å². The minimum absolute atomic E-state index is 0.906. The second-order valence-corrected chi connectivity index (χ2v) is 8.48. The van der Waals surface area contributed by atoms with Crippen molar-refractivity contribution in [1.82, 2.24) is 5.32 Å². The minimum atomic E-state index is 0.906. The van der Waals surface area contributed by atoms with Crippen LogP contribution in [0.15, 0.2) is 126 Å². The lowest BCUT2D eigenvalue weighted by Gasteiger charge is -2.25. The zero-order valence-corrected chi connectivity index (χ0v) is 17.9. The van der Waals surface area contributed by atoms with Crippen LogP contribution in [0.3, 0.4) is 0 Å². The number of fused-ring (bicyclic) bond motifs is 4. The highest BCUT2D eigenvalue weighted by molar-refractivity contribution is 5.89. The summed E-state index contributed by atoms with van der Waals surface area (Å²) in [5.41, 5.74) is 13.3. The molecule has 2 bridgehead atoms. The van der Waals surface area contributed by atoms with Crippen LogP contribution in [-0.2, 0) is 6.42 Å².